The van der Waals surface area contributed by atoms with E-state index in [1.165, 1.54) is 0 Å². The minimum Gasteiger partial charge on any atom is -0.481 e. The van der Waals surface area contributed by atoms with Crippen LogP contribution in [0.2, 0.25) is 0 Å². The molecule has 1 radical (unpaired) electrons. The summed E-state index contributed by atoms with van der Waals surface area (Å²) < 4.78 is 0. The Bertz CT molecular complexity index is 63.4. The van der Waals surface area contributed by atoms with E-state index in [-0.39, 0.29) is 49.4 Å². The van der Waals surface area contributed by atoms with Crippen LogP contribution < -0.4 is 0 Å². The largest absolute Gasteiger partial charge is 0.481 e. The summed E-state index contributed by atoms with van der Waals surface area (Å²) in [6.45, 7) is 1.98. The molecule has 0 fully saturated rings. The van der Waals surface area contributed by atoms with Crippen LogP contribution in [0.15, 0.2) is 0 Å². The van der Waals surface area contributed by atoms with Crippen molar-refractivity contribution in [1.29, 1.82) is 0 Å². The molecular weight excluding hydrogens is 244 g/mol. The average molecular weight is 254 g/mol. The molecule has 0 aromatic rings. The first-order chi connectivity index (χ1) is 3.27. The van der Waals surface area contributed by atoms with Gasteiger partial charge in [0.25, 0.3) is 0 Å². The molecule has 0 spiro atoms. The second-order valence-corrected chi connectivity index (χ2v) is 1.50. The summed E-state index contributed by atoms with van der Waals surface area (Å²) in [6.07, 6.45) is 2.08. The summed E-state index contributed by atoms with van der Waals surface area (Å²) in [5, 5.41) is 8.04. The minimum absolute atomic E-state index is 0. The fourth-order valence-electron chi connectivity index (χ4n) is 0.328. The zero-order valence-electron chi connectivity index (χ0n) is 4.85. The molecule has 0 aliphatic rings. The number of aliphatic carboxylic acids is 1. The molecule has 49 valence electrons. The van der Waals surface area contributed by atoms with E-state index < -0.39 is 5.97 Å². The van der Waals surface area contributed by atoms with Crippen molar-refractivity contribution in [2.45, 2.75) is 26.2 Å². The third-order valence-corrected chi connectivity index (χ3v) is 0.744. The number of rotatable bonds is 3. The Morgan fingerprint density at radius 3 is 2.25 bits per heavy atom. The first kappa shape index (κ1) is 11.8. The minimum atomic E-state index is -0.693. The van der Waals surface area contributed by atoms with Crippen LogP contribution in [-0.2, 0) is 4.79 Å². The Kier molecular flexibility index (Phi) is 11.9. The number of carbonyl (C=O) groups is 1. The van der Waals surface area contributed by atoms with Crippen molar-refractivity contribution in [1.82, 2.24) is 0 Å². The van der Waals surface area contributed by atoms with Gasteiger partial charge in [-0.05, 0) is 6.42 Å². The van der Waals surface area contributed by atoms with E-state index in [1.807, 2.05) is 6.92 Å². The summed E-state index contributed by atoms with van der Waals surface area (Å²) in [5.41, 5.74) is 0. The Balaban J connectivity index is 0. The predicted octanol–water partition coefficient (Wildman–Crippen LogP) is 1.26. The maximum absolute atomic E-state index is 9.76. The molecule has 0 atom stereocenters. The maximum atomic E-state index is 9.76. The van der Waals surface area contributed by atoms with E-state index in [4.69, 9.17) is 5.11 Å². The molecule has 0 aromatic carbocycles. The van der Waals surface area contributed by atoms with Gasteiger partial charge in [-0.25, -0.2) is 0 Å². The van der Waals surface area contributed by atoms with Gasteiger partial charge in [-0.2, -0.15) is 0 Å². The van der Waals surface area contributed by atoms with Gasteiger partial charge in [-0.1, -0.05) is 13.3 Å². The maximum Gasteiger partial charge on any atom is 0.303 e. The SMILES string of the molecule is CCCCC(=O)O.[Eu]. The van der Waals surface area contributed by atoms with Crippen molar-refractivity contribution in [3.05, 3.63) is 0 Å². The van der Waals surface area contributed by atoms with E-state index >= 15 is 0 Å². The zero-order chi connectivity index (χ0) is 5.70. The summed E-state index contributed by atoms with van der Waals surface area (Å²) in [5.74, 6) is -0.693. The molecule has 3 heteroatoms. The van der Waals surface area contributed by atoms with E-state index in [0.29, 0.717) is 6.42 Å². The molecule has 0 bridgehead atoms. The Morgan fingerprint density at radius 1 is 1.62 bits per heavy atom. The van der Waals surface area contributed by atoms with Crippen molar-refractivity contribution in [2.75, 3.05) is 0 Å². The smallest absolute Gasteiger partial charge is 0.303 e. The van der Waals surface area contributed by atoms with Crippen LogP contribution in [-0.4, -0.2) is 11.1 Å². The van der Waals surface area contributed by atoms with Gasteiger partial charge in [0.05, 0.1) is 0 Å². The summed E-state index contributed by atoms with van der Waals surface area (Å²) in [4.78, 5) is 9.76. The quantitative estimate of drug-likeness (QED) is 0.823. The van der Waals surface area contributed by atoms with Crippen LogP contribution in [0.25, 0.3) is 0 Å². The van der Waals surface area contributed by atoms with Crippen molar-refractivity contribution in [2.24, 2.45) is 0 Å². The Hall–Kier alpha value is 1.05. The first-order valence-electron chi connectivity index (χ1n) is 2.49. The fraction of sp³-hybridized carbons (Fsp3) is 0.800. The topological polar surface area (TPSA) is 37.3 Å². The van der Waals surface area contributed by atoms with Gasteiger partial charge >= 0.3 is 5.97 Å². The number of unbranched alkanes of at least 4 members (excludes halogenated alkanes) is 1. The number of carboxylic acids is 1. The molecule has 0 heterocycles. The van der Waals surface area contributed by atoms with Crippen LogP contribution in [0.3, 0.4) is 0 Å². The molecule has 2 nitrogen and oxygen atoms in total. The van der Waals surface area contributed by atoms with Crippen LogP contribution in [0.4, 0.5) is 0 Å². The molecule has 0 aliphatic carbocycles. The van der Waals surface area contributed by atoms with Crippen molar-refractivity contribution >= 4 is 5.97 Å². The molecule has 1 N–H and O–H groups in total. The molecular formula is C5H10EuO2. The molecule has 8 heavy (non-hydrogen) atoms. The van der Waals surface area contributed by atoms with Gasteiger partial charge in [0.15, 0.2) is 0 Å². The molecule has 0 aromatic heterocycles. The third-order valence-electron chi connectivity index (χ3n) is 0.744. The first-order valence-corrected chi connectivity index (χ1v) is 2.49. The van der Waals surface area contributed by atoms with E-state index in [9.17, 15) is 4.79 Å². The van der Waals surface area contributed by atoms with Crippen LogP contribution in [0.1, 0.15) is 26.2 Å². The monoisotopic (exact) mass is 255 g/mol. The molecule has 0 rings (SSSR count). The normalized spacial score (nSPS) is 7.62. The standard InChI is InChI=1S/C5H10O2.Eu/c1-2-3-4-5(6)7;/h2-4H2,1H3,(H,6,7);. The van der Waals surface area contributed by atoms with Gasteiger partial charge in [-0.3, -0.25) is 4.79 Å². The van der Waals surface area contributed by atoms with Gasteiger partial charge in [0.2, 0.25) is 0 Å². The van der Waals surface area contributed by atoms with Gasteiger partial charge in [0.1, 0.15) is 0 Å². The second-order valence-electron chi connectivity index (χ2n) is 1.50. The van der Waals surface area contributed by atoms with Crippen LogP contribution in [0, 0.1) is 49.4 Å². The van der Waals surface area contributed by atoms with Crippen molar-refractivity contribution in [3.8, 4) is 0 Å². The summed E-state index contributed by atoms with van der Waals surface area (Å²) in [7, 11) is 0. The Morgan fingerprint density at radius 2 is 2.12 bits per heavy atom. The van der Waals surface area contributed by atoms with Crippen molar-refractivity contribution in [3.63, 3.8) is 0 Å². The number of hydrogen-bond acceptors (Lipinski definition) is 1. The van der Waals surface area contributed by atoms with E-state index in [2.05, 4.69) is 0 Å². The molecule has 0 unspecified atom stereocenters. The fourth-order valence-corrected chi connectivity index (χ4v) is 0.328. The van der Waals surface area contributed by atoms with Gasteiger partial charge < -0.3 is 5.11 Å². The van der Waals surface area contributed by atoms with E-state index in [1.54, 1.807) is 0 Å². The van der Waals surface area contributed by atoms with Crippen LogP contribution in [0.5, 0.6) is 0 Å². The Labute approximate surface area is 90.2 Å². The number of hydrogen-bond donors (Lipinski definition) is 1. The van der Waals surface area contributed by atoms with Crippen molar-refractivity contribution < 1.29 is 59.3 Å². The number of carboxylic acid groups (broad SMARTS) is 1. The van der Waals surface area contributed by atoms with E-state index in [0.717, 1.165) is 12.8 Å². The van der Waals surface area contributed by atoms with Gasteiger partial charge in [0, 0.05) is 55.8 Å². The second kappa shape index (κ2) is 8.05. The van der Waals surface area contributed by atoms with Gasteiger partial charge in [-0.15, -0.1) is 0 Å². The molecule has 0 amide bonds. The third kappa shape index (κ3) is 10.1. The average Bonchev–Trinajstić information content (AvgIpc) is 1.61. The molecule has 0 saturated heterocycles. The summed E-state index contributed by atoms with van der Waals surface area (Å²) in [6, 6.07) is 0. The summed E-state index contributed by atoms with van der Waals surface area (Å²) >= 11 is 0. The molecule has 0 saturated carbocycles. The predicted molar refractivity (Wildman–Crippen MR) is 27.2 cm³/mol. The molecule has 0 aliphatic heterocycles. The zero-order valence-corrected chi connectivity index (χ0v) is 7.28. The van der Waals surface area contributed by atoms with Crippen LogP contribution >= 0.6 is 0 Å².